The van der Waals surface area contributed by atoms with Gasteiger partial charge in [-0.15, -0.1) is 7.92 Å². The molecule has 15 heavy (non-hydrogen) atoms. The molecule has 0 saturated heterocycles. The molecule has 0 unspecified atom stereocenters. The van der Waals surface area contributed by atoms with Crippen LogP contribution in [0.1, 0.15) is 27.7 Å². The second-order valence-electron chi connectivity index (χ2n) is 5.32. The van der Waals surface area contributed by atoms with Crippen molar-refractivity contribution in [3.05, 3.63) is 22.3 Å². The molecule has 0 atom stereocenters. The van der Waals surface area contributed by atoms with Gasteiger partial charge in [-0.25, -0.2) is 0 Å². The van der Waals surface area contributed by atoms with Crippen LogP contribution in [0.15, 0.2) is 22.3 Å². The van der Waals surface area contributed by atoms with Gasteiger partial charge in [-0.3, -0.25) is 0 Å². The molecule has 0 heterocycles. The first-order valence-electron chi connectivity index (χ1n) is 5.81. The molecule has 0 amide bonds. The van der Waals surface area contributed by atoms with Crippen molar-refractivity contribution in [1.29, 1.82) is 0 Å². The van der Waals surface area contributed by atoms with Crippen molar-refractivity contribution in [2.75, 3.05) is 13.3 Å². The van der Waals surface area contributed by atoms with Gasteiger partial charge >= 0.3 is 0 Å². The molecule has 2 heteroatoms. The summed E-state index contributed by atoms with van der Waals surface area (Å²) in [6.07, 6.45) is 0. The van der Waals surface area contributed by atoms with Gasteiger partial charge in [-0.2, -0.15) is 0 Å². The molecule has 0 aromatic carbocycles. The van der Waals surface area contributed by atoms with Gasteiger partial charge < -0.3 is 0 Å². The van der Waals surface area contributed by atoms with Crippen LogP contribution >= 0.6 is 7.92 Å². The van der Waals surface area contributed by atoms with Gasteiger partial charge in [0, 0.05) is 4.78 Å². The van der Waals surface area contributed by atoms with Crippen molar-refractivity contribution >= 4 is 16.7 Å². The van der Waals surface area contributed by atoms with E-state index in [2.05, 4.69) is 54.1 Å². The molecule has 0 saturated carbocycles. The molecule has 0 radical (unpaired) electrons. The molecule has 86 valence electrons. The Morgan fingerprint density at radius 2 is 1.20 bits per heavy atom. The highest BCUT2D eigenvalue weighted by Crippen LogP contribution is 2.59. The SMILES string of the molecule is CC1=C(C)C([SiH](C)C)(P(C)C)C(C)=C1C. The molecular weight excluding hydrogens is 215 g/mol. The molecule has 0 spiro atoms. The maximum Gasteiger partial charge on any atom is 0.0528 e. The van der Waals surface area contributed by atoms with E-state index in [9.17, 15) is 0 Å². The van der Waals surface area contributed by atoms with Crippen LogP contribution in [0, 0.1) is 0 Å². The third-order valence-electron chi connectivity index (χ3n) is 4.37. The van der Waals surface area contributed by atoms with Gasteiger partial charge in [0.05, 0.1) is 8.80 Å². The van der Waals surface area contributed by atoms with Crippen LogP contribution in [-0.4, -0.2) is 26.9 Å². The van der Waals surface area contributed by atoms with Gasteiger partial charge in [0.15, 0.2) is 0 Å². The van der Waals surface area contributed by atoms with E-state index in [1.807, 2.05) is 0 Å². The summed E-state index contributed by atoms with van der Waals surface area (Å²) in [6.45, 7) is 19.3. The minimum absolute atomic E-state index is 0.0887. The monoisotopic (exact) mass is 240 g/mol. The Kier molecular flexibility index (Phi) is 3.68. The molecule has 0 aliphatic heterocycles. The van der Waals surface area contributed by atoms with E-state index in [1.54, 1.807) is 22.3 Å². The quantitative estimate of drug-likeness (QED) is 0.502. The summed E-state index contributed by atoms with van der Waals surface area (Å²) in [5, 5.41) is 0. The maximum absolute atomic E-state index is 2.52. The Labute approximate surface area is 98.2 Å². The van der Waals surface area contributed by atoms with Crippen molar-refractivity contribution in [3.8, 4) is 0 Å². The third kappa shape index (κ3) is 1.59. The zero-order chi connectivity index (χ0) is 12.0. The number of hydrogen-bond acceptors (Lipinski definition) is 0. The van der Waals surface area contributed by atoms with Crippen LogP contribution in [-0.2, 0) is 0 Å². The van der Waals surface area contributed by atoms with E-state index < -0.39 is 8.80 Å². The fraction of sp³-hybridized carbons (Fsp3) is 0.692. The van der Waals surface area contributed by atoms with Crippen LogP contribution in [0.2, 0.25) is 13.1 Å². The number of rotatable bonds is 2. The van der Waals surface area contributed by atoms with Crippen molar-refractivity contribution < 1.29 is 0 Å². The van der Waals surface area contributed by atoms with E-state index >= 15 is 0 Å². The summed E-state index contributed by atoms with van der Waals surface area (Å²) in [5.74, 6) is 0. The Balaban J connectivity index is 3.46. The molecule has 0 bridgehead atoms. The fourth-order valence-electron chi connectivity index (χ4n) is 3.47. The first kappa shape index (κ1) is 13.2. The summed E-state index contributed by atoms with van der Waals surface area (Å²) >= 11 is 0. The van der Waals surface area contributed by atoms with Gasteiger partial charge in [-0.1, -0.05) is 24.2 Å². The second kappa shape index (κ2) is 4.18. The summed E-state index contributed by atoms with van der Waals surface area (Å²) in [6, 6.07) is 0. The van der Waals surface area contributed by atoms with Crippen LogP contribution in [0.3, 0.4) is 0 Å². The Morgan fingerprint density at radius 3 is 1.33 bits per heavy atom. The average molecular weight is 240 g/mol. The fourth-order valence-corrected chi connectivity index (χ4v) is 11.4. The molecule has 1 rings (SSSR count). The second-order valence-corrected chi connectivity index (χ2v) is 11.5. The molecule has 0 nitrogen and oxygen atoms in total. The van der Waals surface area contributed by atoms with Gasteiger partial charge in [-0.05, 0) is 52.2 Å². The predicted octanol–water partition coefficient (Wildman–Crippen LogP) is 4.18. The molecule has 0 fully saturated rings. The Morgan fingerprint density at radius 1 is 0.867 bits per heavy atom. The van der Waals surface area contributed by atoms with Gasteiger partial charge in [0.2, 0.25) is 0 Å². The summed E-state index contributed by atoms with van der Waals surface area (Å²) in [7, 11) is -0.608. The van der Waals surface area contributed by atoms with Crippen LogP contribution in [0.5, 0.6) is 0 Å². The van der Waals surface area contributed by atoms with Gasteiger partial charge in [0.1, 0.15) is 0 Å². The Hall–Kier alpha value is 0.127. The molecule has 0 aromatic heterocycles. The maximum atomic E-state index is 2.52. The third-order valence-corrected chi connectivity index (χ3v) is 12.1. The average Bonchev–Trinajstić information content (AvgIpc) is 2.29. The van der Waals surface area contributed by atoms with Crippen LogP contribution < -0.4 is 0 Å². The van der Waals surface area contributed by atoms with E-state index in [0.29, 0.717) is 4.78 Å². The zero-order valence-electron chi connectivity index (χ0n) is 11.5. The van der Waals surface area contributed by atoms with E-state index in [0.717, 1.165) is 0 Å². The van der Waals surface area contributed by atoms with E-state index in [4.69, 9.17) is 0 Å². The topological polar surface area (TPSA) is 0 Å². The van der Waals surface area contributed by atoms with Crippen molar-refractivity contribution in [3.63, 3.8) is 0 Å². The van der Waals surface area contributed by atoms with E-state index in [-0.39, 0.29) is 7.92 Å². The Bertz CT molecular complexity index is 300. The molecule has 1 aliphatic rings. The van der Waals surface area contributed by atoms with Crippen molar-refractivity contribution in [2.45, 2.75) is 45.6 Å². The van der Waals surface area contributed by atoms with Crippen molar-refractivity contribution in [1.82, 2.24) is 0 Å². The van der Waals surface area contributed by atoms with Crippen LogP contribution in [0.25, 0.3) is 0 Å². The predicted molar refractivity (Wildman–Crippen MR) is 77.1 cm³/mol. The van der Waals surface area contributed by atoms with Gasteiger partial charge in [0.25, 0.3) is 0 Å². The highest BCUT2D eigenvalue weighted by Gasteiger charge is 2.45. The number of hydrogen-bond donors (Lipinski definition) is 0. The smallest absolute Gasteiger partial charge is 0.0528 e. The summed E-state index contributed by atoms with van der Waals surface area (Å²) in [4.78, 5) is 0. The molecule has 1 aliphatic carbocycles. The molecular formula is C13H25PSi. The van der Waals surface area contributed by atoms with Crippen molar-refractivity contribution in [2.24, 2.45) is 0 Å². The first-order valence-corrected chi connectivity index (χ1v) is 10.9. The minimum Gasteiger partial charge on any atom is -0.102 e. The molecule has 0 aromatic rings. The summed E-state index contributed by atoms with van der Waals surface area (Å²) < 4.78 is 0.517. The summed E-state index contributed by atoms with van der Waals surface area (Å²) in [5.41, 5.74) is 6.53. The highest BCUT2D eigenvalue weighted by atomic mass is 31.1. The van der Waals surface area contributed by atoms with E-state index in [1.165, 1.54) is 0 Å². The standard InChI is InChI=1S/C13H25PSi/c1-9-10(2)12(4)13(11(9)3,14(5)6)15(7)8/h15H,1-8H3. The zero-order valence-corrected chi connectivity index (χ0v) is 13.6. The normalized spacial score (nSPS) is 21.2. The lowest BCUT2D eigenvalue weighted by Gasteiger charge is -2.41. The minimum atomic E-state index is -0.696. The van der Waals surface area contributed by atoms with Crippen LogP contribution in [0.4, 0.5) is 0 Å². The highest BCUT2D eigenvalue weighted by molar-refractivity contribution is 7.61. The number of allylic oxidation sites excluding steroid dienone is 4. The molecule has 0 N–H and O–H groups in total. The lowest BCUT2D eigenvalue weighted by Crippen LogP contribution is -2.41. The lowest BCUT2D eigenvalue weighted by molar-refractivity contribution is 1.02. The first-order chi connectivity index (χ1) is 6.77. The largest absolute Gasteiger partial charge is 0.102 e. The lowest BCUT2D eigenvalue weighted by atomic mass is 10.1.